The van der Waals surface area contributed by atoms with Crippen LogP contribution in [0.1, 0.15) is 40.2 Å². The van der Waals surface area contributed by atoms with E-state index in [1.165, 1.54) is 12.8 Å². The van der Waals surface area contributed by atoms with Crippen molar-refractivity contribution in [2.45, 2.75) is 45.3 Å². The minimum atomic E-state index is -0.0210. The summed E-state index contributed by atoms with van der Waals surface area (Å²) < 4.78 is 7.64. The number of aryl methyl sites for hydroxylation is 2. The maximum absolute atomic E-state index is 12.7. The van der Waals surface area contributed by atoms with Gasteiger partial charge in [0.05, 0.1) is 37.5 Å². The number of rotatable bonds is 5. The molecule has 2 aliphatic heterocycles. The summed E-state index contributed by atoms with van der Waals surface area (Å²) in [5.74, 6) is -0.0210. The van der Waals surface area contributed by atoms with E-state index < -0.39 is 0 Å². The van der Waals surface area contributed by atoms with Crippen molar-refractivity contribution >= 4 is 5.91 Å². The average molecular weight is 368 g/mol. The third-order valence-corrected chi connectivity index (χ3v) is 5.63. The molecule has 0 spiro atoms. The first-order chi connectivity index (χ1) is 13.1. The van der Waals surface area contributed by atoms with Crippen molar-refractivity contribution in [1.29, 1.82) is 0 Å². The van der Waals surface area contributed by atoms with Gasteiger partial charge in [-0.05, 0) is 63.5 Å². The van der Waals surface area contributed by atoms with Gasteiger partial charge in [-0.15, -0.1) is 0 Å². The molecule has 0 unspecified atom stereocenters. The van der Waals surface area contributed by atoms with Gasteiger partial charge < -0.3 is 10.1 Å². The van der Waals surface area contributed by atoms with Gasteiger partial charge >= 0.3 is 0 Å². The minimum Gasteiger partial charge on any atom is -0.378 e. The summed E-state index contributed by atoms with van der Waals surface area (Å²) in [6.45, 7) is 8.31. The van der Waals surface area contributed by atoms with Crippen LogP contribution >= 0.6 is 0 Å². The van der Waals surface area contributed by atoms with E-state index >= 15 is 0 Å². The number of benzene rings is 1. The monoisotopic (exact) mass is 368 g/mol. The smallest absolute Gasteiger partial charge is 0.251 e. The van der Waals surface area contributed by atoms with Gasteiger partial charge in [-0.25, -0.2) is 0 Å². The van der Waals surface area contributed by atoms with Crippen LogP contribution in [0.4, 0.5) is 0 Å². The van der Waals surface area contributed by atoms with Gasteiger partial charge in [-0.3, -0.25) is 14.4 Å². The lowest BCUT2D eigenvalue weighted by Gasteiger charge is -2.27. The Morgan fingerprint density at radius 3 is 2.59 bits per heavy atom. The summed E-state index contributed by atoms with van der Waals surface area (Å²) >= 11 is 0. The Bertz CT molecular complexity index is 793. The summed E-state index contributed by atoms with van der Waals surface area (Å²) in [5, 5.41) is 7.68. The molecule has 2 aromatic rings. The molecule has 6 heteroatoms. The van der Waals surface area contributed by atoms with Crippen molar-refractivity contribution in [3.63, 3.8) is 0 Å². The van der Waals surface area contributed by atoms with Crippen molar-refractivity contribution in [2.75, 3.05) is 26.3 Å². The van der Waals surface area contributed by atoms with Crippen molar-refractivity contribution in [1.82, 2.24) is 20.0 Å². The fourth-order valence-electron chi connectivity index (χ4n) is 4.14. The third kappa shape index (κ3) is 4.06. The van der Waals surface area contributed by atoms with Gasteiger partial charge in [0.15, 0.2) is 0 Å². The zero-order chi connectivity index (χ0) is 18.8. The lowest BCUT2D eigenvalue weighted by Crippen LogP contribution is -2.50. The first kappa shape index (κ1) is 18.2. The Kier molecular flexibility index (Phi) is 5.27. The number of ether oxygens (including phenoxy) is 1. The van der Waals surface area contributed by atoms with E-state index in [1.54, 1.807) is 0 Å². The van der Waals surface area contributed by atoms with Crippen LogP contribution in [0, 0.1) is 13.8 Å². The van der Waals surface area contributed by atoms with Gasteiger partial charge in [-0.2, -0.15) is 5.10 Å². The molecule has 0 radical (unpaired) electrons. The summed E-state index contributed by atoms with van der Waals surface area (Å²) in [4.78, 5) is 15.1. The molecule has 2 fully saturated rings. The molecule has 2 saturated heterocycles. The number of amides is 1. The highest BCUT2D eigenvalue weighted by Crippen LogP contribution is 2.19. The molecule has 1 N–H and O–H groups in total. The van der Waals surface area contributed by atoms with Crippen LogP contribution in [-0.4, -0.2) is 59.0 Å². The molecule has 144 valence electrons. The maximum atomic E-state index is 12.7. The van der Waals surface area contributed by atoms with E-state index in [0.29, 0.717) is 24.8 Å². The van der Waals surface area contributed by atoms with Gasteiger partial charge in [-0.1, -0.05) is 12.1 Å². The van der Waals surface area contributed by atoms with E-state index in [4.69, 9.17) is 4.74 Å². The normalized spacial score (nSPS) is 23.0. The molecular weight excluding hydrogens is 340 g/mol. The number of nitrogens with one attached hydrogen (secondary N) is 1. The van der Waals surface area contributed by atoms with E-state index in [1.807, 2.05) is 35.9 Å². The number of carbonyl (C=O) groups is 1. The summed E-state index contributed by atoms with van der Waals surface area (Å²) in [5.41, 5.74) is 3.99. The molecule has 6 nitrogen and oxygen atoms in total. The predicted molar refractivity (Wildman–Crippen MR) is 104 cm³/mol. The maximum Gasteiger partial charge on any atom is 0.251 e. The summed E-state index contributed by atoms with van der Waals surface area (Å²) in [6, 6.07) is 10.3. The molecule has 0 aliphatic carbocycles. The number of aromatic nitrogens is 2. The Balaban J connectivity index is 1.38. The Morgan fingerprint density at radius 2 is 1.93 bits per heavy atom. The summed E-state index contributed by atoms with van der Waals surface area (Å²) in [6.07, 6.45) is 2.49. The van der Waals surface area contributed by atoms with Crippen LogP contribution < -0.4 is 5.32 Å². The Hall–Kier alpha value is -2.18. The van der Waals surface area contributed by atoms with Crippen molar-refractivity contribution < 1.29 is 9.53 Å². The number of hydrogen-bond acceptors (Lipinski definition) is 4. The number of likely N-dealkylation sites (tertiary alicyclic amines) is 1. The van der Waals surface area contributed by atoms with Crippen LogP contribution in [0.2, 0.25) is 0 Å². The van der Waals surface area contributed by atoms with Crippen molar-refractivity contribution in [3.8, 4) is 0 Å². The van der Waals surface area contributed by atoms with Crippen LogP contribution in [0.3, 0.4) is 0 Å². The van der Waals surface area contributed by atoms with Gasteiger partial charge in [0.2, 0.25) is 0 Å². The van der Waals surface area contributed by atoms with Gasteiger partial charge in [0.25, 0.3) is 5.91 Å². The number of carbonyl (C=O) groups excluding carboxylic acids is 1. The second-order valence-electron chi connectivity index (χ2n) is 7.71. The van der Waals surface area contributed by atoms with Crippen molar-refractivity contribution in [3.05, 3.63) is 52.8 Å². The molecule has 1 amide bonds. The second-order valence-corrected chi connectivity index (χ2v) is 7.71. The highest BCUT2D eigenvalue weighted by Gasteiger charge is 2.35. The van der Waals surface area contributed by atoms with Crippen LogP contribution in [0.5, 0.6) is 0 Å². The molecule has 1 aromatic carbocycles. The molecule has 3 heterocycles. The van der Waals surface area contributed by atoms with Crippen molar-refractivity contribution in [2.24, 2.45) is 0 Å². The quantitative estimate of drug-likeness (QED) is 0.878. The topological polar surface area (TPSA) is 59.4 Å². The Labute approximate surface area is 160 Å². The molecule has 4 rings (SSSR count). The van der Waals surface area contributed by atoms with Crippen LogP contribution in [0.25, 0.3) is 0 Å². The highest BCUT2D eigenvalue weighted by molar-refractivity contribution is 5.94. The van der Waals surface area contributed by atoms with E-state index in [-0.39, 0.29) is 11.9 Å². The first-order valence-electron chi connectivity index (χ1n) is 9.83. The van der Waals surface area contributed by atoms with Crippen LogP contribution in [-0.2, 0) is 11.3 Å². The zero-order valence-electron chi connectivity index (χ0n) is 16.1. The number of nitrogens with zero attached hydrogens (tertiary/aromatic N) is 3. The molecule has 27 heavy (non-hydrogen) atoms. The fraction of sp³-hybridized carbons (Fsp3) is 0.524. The van der Waals surface area contributed by atoms with Gasteiger partial charge in [0.1, 0.15) is 0 Å². The molecular formula is C21H28N4O2. The van der Waals surface area contributed by atoms with E-state index in [9.17, 15) is 4.79 Å². The van der Waals surface area contributed by atoms with Gasteiger partial charge in [0, 0.05) is 11.3 Å². The largest absolute Gasteiger partial charge is 0.378 e. The second kappa shape index (κ2) is 7.82. The standard InChI is InChI=1S/C21H28N4O2/c1-15-11-16(2)25(23-15)12-17-5-7-18(8-6-17)21(26)22-19-13-27-14-20(19)24-9-3-4-10-24/h5-8,11,19-20H,3-4,9-10,12-14H2,1-2H3,(H,22,26)/t19-,20-/m0/s1. The molecule has 0 saturated carbocycles. The fourth-order valence-corrected chi connectivity index (χ4v) is 4.14. The third-order valence-electron chi connectivity index (χ3n) is 5.63. The first-order valence-corrected chi connectivity index (χ1v) is 9.83. The zero-order valence-corrected chi connectivity index (χ0v) is 16.1. The number of hydrogen-bond donors (Lipinski definition) is 1. The molecule has 0 bridgehead atoms. The molecule has 2 aliphatic rings. The van der Waals surface area contributed by atoms with Crippen LogP contribution in [0.15, 0.2) is 30.3 Å². The minimum absolute atomic E-state index is 0.0210. The molecule has 1 aromatic heterocycles. The predicted octanol–water partition coefficient (Wildman–Crippen LogP) is 2.14. The van der Waals surface area contributed by atoms with E-state index in [0.717, 1.165) is 36.6 Å². The highest BCUT2D eigenvalue weighted by atomic mass is 16.5. The Morgan fingerprint density at radius 1 is 1.19 bits per heavy atom. The average Bonchev–Trinajstić information content (AvgIpc) is 3.38. The lowest BCUT2D eigenvalue weighted by atomic mass is 10.1. The lowest BCUT2D eigenvalue weighted by molar-refractivity contribution is 0.0916. The van der Waals surface area contributed by atoms with E-state index in [2.05, 4.69) is 28.3 Å². The molecule has 2 atom stereocenters. The SMILES string of the molecule is Cc1cc(C)n(Cc2ccc(C(=O)N[C@H]3COC[C@@H]3N3CCCC3)cc2)n1. The summed E-state index contributed by atoms with van der Waals surface area (Å²) in [7, 11) is 0.